The van der Waals surface area contributed by atoms with Crippen LogP contribution in [0.4, 0.5) is 11.4 Å². The summed E-state index contributed by atoms with van der Waals surface area (Å²) in [7, 11) is -0.866. The van der Waals surface area contributed by atoms with Crippen molar-refractivity contribution in [3.63, 3.8) is 0 Å². The van der Waals surface area contributed by atoms with Gasteiger partial charge in [-0.3, -0.25) is 9.52 Å². The van der Waals surface area contributed by atoms with Gasteiger partial charge in [-0.1, -0.05) is 17.7 Å². The van der Waals surface area contributed by atoms with Crippen LogP contribution in [0.3, 0.4) is 0 Å². The van der Waals surface area contributed by atoms with Crippen LogP contribution in [-0.4, -0.2) is 35.2 Å². The molecule has 25 heavy (non-hydrogen) atoms. The van der Waals surface area contributed by atoms with Gasteiger partial charge in [0.05, 0.1) is 23.4 Å². The first-order valence-electron chi connectivity index (χ1n) is 7.42. The molecular weight excluding hydrogens is 344 g/mol. The number of ether oxygens (including phenoxy) is 2. The second-order valence-corrected chi connectivity index (χ2v) is 7.00. The van der Waals surface area contributed by atoms with Crippen LogP contribution in [-0.2, 0) is 19.6 Å². The fourth-order valence-corrected chi connectivity index (χ4v) is 3.16. The predicted molar refractivity (Wildman–Crippen MR) is 95.5 cm³/mol. The minimum atomic E-state index is -3.71. The van der Waals surface area contributed by atoms with Crippen molar-refractivity contribution in [1.29, 1.82) is 0 Å². The van der Waals surface area contributed by atoms with E-state index >= 15 is 0 Å². The lowest BCUT2D eigenvalue weighted by atomic mass is 10.2. The zero-order valence-corrected chi connectivity index (χ0v) is 15.0. The van der Waals surface area contributed by atoms with Gasteiger partial charge in [0.25, 0.3) is 10.0 Å². The van der Waals surface area contributed by atoms with Crippen molar-refractivity contribution in [1.82, 2.24) is 0 Å². The van der Waals surface area contributed by atoms with Gasteiger partial charge in [-0.2, -0.15) is 0 Å². The molecule has 2 N–H and O–H groups in total. The number of sulfonamides is 1. The number of rotatable bonds is 7. The summed E-state index contributed by atoms with van der Waals surface area (Å²) in [4.78, 5) is 11.8. The molecule has 0 aliphatic heterocycles. The van der Waals surface area contributed by atoms with E-state index in [2.05, 4.69) is 10.0 Å². The number of hydrogen-bond acceptors (Lipinski definition) is 5. The van der Waals surface area contributed by atoms with Gasteiger partial charge >= 0.3 is 0 Å². The third-order valence-electron chi connectivity index (χ3n) is 3.33. The van der Waals surface area contributed by atoms with Crippen LogP contribution in [0.25, 0.3) is 0 Å². The van der Waals surface area contributed by atoms with Crippen molar-refractivity contribution >= 4 is 27.3 Å². The van der Waals surface area contributed by atoms with Crippen molar-refractivity contribution in [2.75, 3.05) is 30.9 Å². The Kier molecular flexibility index (Phi) is 6.00. The number of aryl methyl sites for hydroxylation is 1. The molecule has 2 rings (SSSR count). The molecule has 0 spiro atoms. The third-order valence-corrected chi connectivity index (χ3v) is 4.73. The quantitative estimate of drug-likeness (QED) is 0.787. The molecule has 2 aromatic rings. The zero-order valence-electron chi connectivity index (χ0n) is 14.2. The summed E-state index contributed by atoms with van der Waals surface area (Å²) in [6, 6.07) is 11.1. The molecule has 8 heteroatoms. The standard InChI is InChI=1S/C17H20N2O5S/c1-12-4-7-14(8-5-12)25(21,22)19-13-6-9-15(16(10-13)24-3)18-17(20)11-23-2/h4-10,19H,11H2,1-3H3,(H,18,20). The van der Waals surface area contributed by atoms with E-state index in [0.29, 0.717) is 17.1 Å². The lowest BCUT2D eigenvalue weighted by Crippen LogP contribution is -2.18. The number of nitrogens with one attached hydrogen (secondary N) is 2. The summed E-state index contributed by atoms with van der Waals surface area (Å²) in [5.74, 6) is -0.0117. The van der Waals surface area contributed by atoms with E-state index in [4.69, 9.17) is 9.47 Å². The van der Waals surface area contributed by atoms with E-state index in [1.54, 1.807) is 18.2 Å². The van der Waals surface area contributed by atoms with Crippen molar-refractivity contribution in [2.45, 2.75) is 11.8 Å². The van der Waals surface area contributed by atoms with Crippen molar-refractivity contribution in [3.05, 3.63) is 48.0 Å². The monoisotopic (exact) mass is 364 g/mol. The summed E-state index contributed by atoms with van der Waals surface area (Å²) in [5.41, 5.74) is 1.71. The highest BCUT2D eigenvalue weighted by Gasteiger charge is 2.15. The Balaban J connectivity index is 2.22. The number of amides is 1. The molecule has 0 unspecified atom stereocenters. The average Bonchev–Trinajstić information content (AvgIpc) is 2.56. The van der Waals surface area contributed by atoms with Crippen LogP contribution in [0, 0.1) is 6.92 Å². The Labute approximate surface area is 147 Å². The largest absolute Gasteiger partial charge is 0.494 e. The SMILES string of the molecule is COCC(=O)Nc1ccc(NS(=O)(=O)c2ccc(C)cc2)cc1OC. The average molecular weight is 364 g/mol. The van der Waals surface area contributed by atoms with E-state index in [9.17, 15) is 13.2 Å². The third kappa shape index (κ3) is 4.94. The van der Waals surface area contributed by atoms with Crippen LogP contribution < -0.4 is 14.8 Å². The maximum atomic E-state index is 12.4. The summed E-state index contributed by atoms with van der Waals surface area (Å²) in [5, 5.41) is 2.62. The second kappa shape index (κ2) is 8.00. The Morgan fingerprint density at radius 3 is 2.36 bits per heavy atom. The highest BCUT2D eigenvalue weighted by atomic mass is 32.2. The van der Waals surface area contributed by atoms with Crippen LogP contribution in [0.5, 0.6) is 5.75 Å². The van der Waals surface area contributed by atoms with E-state index in [-0.39, 0.29) is 17.4 Å². The zero-order chi connectivity index (χ0) is 18.4. The summed E-state index contributed by atoms with van der Waals surface area (Å²) in [6.07, 6.45) is 0. The van der Waals surface area contributed by atoms with Crippen LogP contribution in [0.2, 0.25) is 0 Å². The number of carbonyl (C=O) groups is 1. The molecule has 0 heterocycles. The number of hydrogen-bond donors (Lipinski definition) is 2. The first kappa shape index (κ1) is 18.8. The highest BCUT2D eigenvalue weighted by Crippen LogP contribution is 2.29. The maximum Gasteiger partial charge on any atom is 0.261 e. The maximum absolute atomic E-state index is 12.4. The lowest BCUT2D eigenvalue weighted by Gasteiger charge is -2.13. The predicted octanol–water partition coefficient (Wildman–Crippen LogP) is 2.39. The van der Waals surface area contributed by atoms with Crippen molar-refractivity contribution < 1.29 is 22.7 Å². The molecule has 0 saturated carbocycles. The van der Waals surface area contributed by atoms with Crippen molar-refractivity contribution in [3.8, 4) is 5.75 Å². The molecule has 0 aromatic heterocycles. The number of anilines is 2. The Bertz CT molecular complexity index is 848. The highest BCUT2D eigenvalue weighted by molar-refractivity contribution is 7.92. The van der Waals surface area contributed by atoms with Gasteiger partial charge in [-0.15, -0.1) is 0 Å². The fraction of sp³-hybridized carbons (Fsp3) is 0.235. The smallest absolute Gasteiger partial charge is 0.261 e. The molecule has 0 saturated heterocycles. The normalized spacial score (nSPS) is 11.0. The van der Waals surface area contributed by atoms with E-state index in [0.717, 1.165) is 5.56 Å². The molecule has 0 aliphatic rings. The summed E-state index contributed by atoms with van der Waals surface area (Å²) >= 11 is 0. The number of carbonyl (C=O) groups excluding carboxylic acids is 1. The molecule has 2 aromatic carbocycles. The van der Waals surface area contributed by atoms with Gasteiger partial charge in [0, 0.05) is 13.2 Å². The van der Waals surface area contributed by atoms with Crippen molar-refractivity contribution in [2.24, 2.45) is 0 Å². The van der Waals surface area contributed by atoms with E-state index < -0.39 is 10.0 Å². The second-order valence-electron chi connectivity index (χ2n) is 5.31. The van der Waals surface area contributed by atoms with Gasteiger partial charge in [-0.05, 0) is 31.2 Å². The number of benzene rings is 2. The Morgan fingerprint density at radius 2 is 1.76 bits per heavy atom. The van der Waals surface area contributed by atoms with Crippen LogP contribution in [0.1, 0.15) is 5.56 Å². The van der Waals surface area contributed by atoms with Crippen LogP contribution >= 0.6 is 0 Å². The lowest BCUT2D eigenvalue weighted by molar-refractivity contribution is -0.119. The van der Waals surface area contributed by atoms with Gasteiger partial charge in [-0.25, -0.2) is 8.42 Å². The topological polar surface area (TPSA) is 93.7 Å². The van der Waals surface area contributed by atoms with Gasteiger partial charge in [0.1, 0.15) is 12.4 Å². The number of methoxy groups -OCH3 is 2. The summed E-state index contributed by atoms with van der Waals surface area (Å²) in [6.45, 7) is 1.79. The van der Waals surface area contributed by atoms with E-state index in [1.807, 2.05) is 6.92 Å². The Hall–Kier alpha value is -2.58. The van der Waals surface area contributed by atoms with Gasteiger partial charge < -0.3 is 14.8 Å². The molecule has 0 aliphatic carbocycles. The molecule has 0 radical (unpaired) electrons. The molecule has 0 bridgehead atoms. The first-order chi connectivity index (χ1) is 11.9. The van der Waals surface area contributed by atoms with Gasteiger partial charge in [0.15, 0.2) is 0 Å². The molecule has 7 nitrogen and oxygen atoms in total. The molecule has 134 valence electrons. The molecular formula is C17H20N2O5S. The minimum absolute atomic E-state index is 0.0923. The first-order valence-corrected chi connectivity index (χ1v) is 8.90. The summed E-state index contributed by atoms with van der Waals surface area (Å²) < 4.78 is 37.3. The van der Waals surface area contributed by atoms with E-state index in [1.165, 1.54) is 38.5 Å². The molecule has 1 amide bonds. The molecule has 0 atom stereocenters. The van der Waals surface area contributed by atoms with Gasteiger partial charge in [0.2, 0.25) is 5.91 Å². The minimum Gasteiger partial charge on any atom is -0.494 e. The fourth-order valence-electron chi connectivity index (χ4n) is 2.11. The molecule has 0 fully saturated rings. The Morgan fingerprint density at radius 1 is 1.08 bits per heavy atom. The van der Waals surface area contributed by atoms with Crippen LogP contribution in [0.15, 0.2) is 47.4 Å².